The first kappa shape index (κ1) is 14.7. The lowest BCUT2D eigenvalue weighted by Gasteiger charge is -2.20. The van der Waals surface area contributed by atoms with E-state index in [1.807, 2.05) is 11.3 Å². The van der Waals surface area contributed by atoms with Crippen molar-refractivity contribution < 1.29 is 4.90 Å². The molecule has 0 amide bonds. The quantitative estimate of drug-likeness (QED) is 0.747. The second kappa shape index (κ2) is 6.26. The van der Waals surface area contributed by atoms with Gasteiger partial charge in [-0.2, -0.15) is 0 Å². The number of rotatable bonds is 4. The largest absolute Gasteiger partial charge is 0.326 e. The van der Waals surface area contributed by atoms with Gasteiger partial charge in [-0.15, -0.1) is 11.3 Å². The lowest BCUT2D eigenvalue weighted by Crippen LogP contribution is -3.07. The van der Waals surface area contributed by atoms with E-state index in [9.17, 15) is 0 Å². The molecule has 1 N–H and O–H groups in total. The lowest BCUT2D eigenvalue weighted by molar-refractivity contribution is -0.923. The van der Waals surface area contributed by atoms with Crippen molar-refractivity contribution in [2.75, 3.05) is 7.05 Å². The number of hydrogen-bond donors (Lipinski definition) is 1. The molecule has 1 heterocycles. The minimum Gasteiger partial charge on any atom is -0.326 e. The number of para-hydroxylation sites is 1. The van der Waals surface area contributed by atoms with Gasteiger partial charge in [0.25, 0.3) is 0 Å². The summed E-state index contributed by atoms with van der Waals surface area (Å²) in [5, 5.41) is 1.21. The van der Waals surface area contributed by atoms with Crippen LogP contribution in [0.15, 0.2) is 53.0 Å². The smallest absolute Gasteiger partial charge is 0.151 e. The fourth-order valence-corrected chi connectivity index (χ4v) is 3.74. The summed E-state index contributed by atoms with van der Waals surface area (Å²) in [6.07, 6.45) is 0. The Morgan fingerprint density at radius 3 is 2.57 bits per heavy atom. The van der Waals surface area contributed by atoms with E-state index in [2.05, 4.69) is 78.4 Å². The molecule has 1 unspecified atom stereocenters. The van der Waals surface area contributed by atoms with Gasteiger partial charge in [-0.05, 0) is 31.2 Å². The van der Waals surface area contributed by atoms with Crippen molar-refractivity contribution in [3.05, 3.63) is 63.6 Å². The van der Waals surface area contributed by atoms with Gasteiger partial charge in [0.1, 0.15) is 12.6 Å². The maximum absolute atomic E-state index is 4.78. The Labute approximate surface area is 137 Å². The number of thiazole rings is 1. The molecular formula is C17H18BrN2S+. The minimum absolute atomic E-state index is 0.394. The summed E-state index contributed by atoms with van der Waals surface area (Å²) in [7, 11) is 2.23. The van der Waals surface area contributed by atoms with E-state index < -0.39 is 0 Å². The number of halogens is 1. The monoisotopic (exact) mass is 361 g/mol. The van der Waals surface area contributed by atoms with Crippen LogP contribution in [-0.4, -0.2) is 12.0 Å². The molecular weight excluding hydrogens is 344 g/mol. The molecule has 108 valence electrons. The molecule has 2 nitrogen and oxygen atoms in total. The van der Waals surface area contributed by atoms with Crippen LogP contribution in [0.25, 0.3) is 10.2 Å². The average molecular weight is 362 g/mol. The molecule has 21 heavy (non-hydrogen) atoms. The molecule has 0 bridgehead atoms. The predicted molar refractivity (Wildman–Crippen MR) is 92.8 cm³/mol. The first-order chi connectivity index (χ1) is 10.1. The van der Waals surface area contributed by atoms with Crippen LogP contribution in [0.5, 0.6) is 0 Å². The molecule has 0 aliphatic rings. The van der Waals surface area contributed by atoms with Crippen LogP contribution in [0, 0.1) is 0 Å². The molecule has 4 heteroatoms. The van der Waals surface area contributed by atoms with Gasteiger partial charge in [0.2, 0.25) is 0 Å². The number of nitrogens with zero attached hydrogens (tertiary/aromatic N) is 1. The van der Waals surface area contributed by atoms with Crippen LogP contribution in [-0.2, 0) is 6.54 Å². The summed E-state index contributed by atoms with van der Waals surface area (Å²) in [6, 6.07) is 17.3. The highest BCUT2D eigenvalue weighted by molar-refractivity contribution is 9.10. The Morgan fingerprint density at radius 1 is 1.14 bits per heavy atom. The number of benzene rings is 2. The molecule has 0 saturated carbocycles. The Balaban J connectivity index is 1.77. The van der Waals surface area contributed by atoms with Gasteiger partial charge < -0.3 is 4.90 Å². The fourth-order valence-electron chi connectivity index (χ4n) is 2.36. The Kier molecular flexibility index (Phi) is 4.38. The third kappa shape index (κ3) is 3.34. The second-order valence-corrected chi connectivity index (χ2v) is 7.37. The molecule has 3 rings (SSSR count). The third-order valence-electron chi connectivity index (χ3n) is 3.82. The first-order valence-corrected chi connectivity index (χ1v) is 8.66. The molecule has 3 aromatic rings. The maximum Gasteiger partial charge on any atom is 0.151 e. The van der Waals surface area contributed by atoms with Gasteiger partial charge >= 0.3 is 0 Å². The molecule has 0 saturated heterocycles. The van der Waals surface area contributed by atoms with Crippen LogP contribution in [0.3, 0.4) is 0 Å². The summed E-state index contributed by atoms with van der Waals surface area (Å²) in [6.45, 7) is 3.26. The first-order valence-electron chi connectivity index (χ1n) is 7.05. The minimum atomic E-state index is 0.394. The van der Waals surface area contributed by atoms with Crippen molar-refractivity contribution in [2.45, 2.75) is 19.5 Å². The van der Waals surface area contributed by atoms with Crippen LogP contribution in [0.1, 0.15) is 23.5 Å². The molecule has 0 aliphatic carbocycles. The zero-order chi connectivity index (χ0) is 14.8. The van der Waals surface area contributed by atoms with E-state index in [0.29, 0.717) is 6.04 Å². The van der Waals surface area contributed by atoms with Gasteiger partial charge in [-0.1, -0.05) is 40.2 Å². The SMILES string of the molecule is C[C@H](c1nc2ccccc2s1)[NH+](C)Cc1ccc(Br)cc1. The summed E-state index contributed by atoms with van der Waals surface area (Å²) in [4.78, 5) is 6.23. The van der Waals surface area contributed by atoms with Crippen LogP contribution in [0.2, 0.25) is 0 Å². The zero-order valence-corrected chi connectivity index (χ0v) is 14.5. The van der Waals surface area contributed by atoms with E-state index in [1.165, 1.54) is 20.2 Å². The highest BCUT2D eigenvalue weighted by Gasteiger charge is 2.19. The van der Waals surface area contributed by atoms with Gasteiger partial charge in [0, 0.05) is 10.0 Å². The average Bonchev–Trinajstić information content (AvgIpc) is 2.92. The maximum atomic E-state index is 4.78. The summed E-state index contributed by atoms with van der Waals surface area (Å²) in [5.41, 5.74) is 2.46. The standard InChI is InChI=1S/C17H17BrN2S/c1-12(17-19-15-5-3-4-6-16(15)21-17)20(2)11-13-7-9-14(18)10-8-13/h3-10,12H,11H2,1-2H3/p+1/t12-/m1/s1. The van der Waals surface area contributed by atoms with Gasteiger partial charge in [-0.3, -0.25) is 0 Å². The fraction of sp³-hybridized carbons (Fsp3) is 0.235. The number of fused-ring (bicyclic) bond motifs is 1. The summed E-state index contributed by atoms with van der Waals surface area (Å²) < 4.78 is 2.40. The highest BCUT2D eigenvalue weighted by atomic mass is 79.9. The molecule has 0 spiro atoms. The molecule has 0 aliphatic heterocycles. The van der Waals surface area contributed by atoms with Crippen molar-refractivity contribution >= 4 is 37.5 Å². The lowest BCUT2D eigenvalue weighted by atomic mass is 10.2. The summed E-state index contributed by atoms with van der Waals surface area (Å²) >= 11 is 5.29. The van der Waals surface area contributed by atoms with E-state index >= 15 is 0 Å². The van der Waals surface area contributed by atoms with Gasteiger partial charge in [0.05, 0.1) is 17.3 Å². The molecule has 1 aromatic heterocycles. The van der Waals surface area contributed by atoms with Crippen LogP contribution < -0.4 is 4.90 Å². The highest BCUT2D eigenvalue weighted by Crippen LogP contribution is 2.24. The molecule has 2 atom stereocenters. The van der Waals surface area contributed by atoms with E-state index in [-0.39, 0.29) is 0 Å². The molecule has 0 radical (unpaired) electrons. The molecule has 0 fully saturated rings. The summed E-state index contributed by atoms with van der Waals surface area (Å²) in [5.74, 6) is 0. The van der Waals surface area contributed by atoms with Crippen molar-refractivity contribution in [1.82, 2.24) is 4.98 Å². The van der Waals surface area contributed by atoms with E-state index in [1.54, 1.807) is 0 Å². The topological polar surface area (TPSA) is 17.3 Å². The zero-order valence-electron chi connectivity index (χ0n) is 12.1. The number of hydrogen-bond acceptors (Lipinski definition) is 2. The number of quaternary nitrogens is 1. The normalized spacial score (nSPS) is 14.2. The van der Waals surface area contributed by atoms with Crippen molar-refractivity contribution in [1.29, 1.82) is 0 Å². The van der Waals surface area contributed by atoms with E-state index in [4.69, 9.17) is 4.98 Å². The second-order valence-electron chi connectivity index (χ2n) is 5.39. The Hall–Kier alpha value is -1.23. The van der Waals surface area contributed by atoms with Crippen LogP contribution >= 0.6 is 27.3 Å². The Bertz CT molecular complexity index is 703. The predicted octanol–water partition coefficient (Wildman–Crippen LogP) is 3.83. The Morgan fingerprint density at radius 2 is 1.86 bits per heavy atom. The third-order valence-corrected chi connectivity index (χ3v) is 5.56. The number of nitrogens with one attached hydrogen (secondary N) is 1. The number of aromatic nitrogens is 1. The van der Waals surface area contributed by atoms with Gasteiger partial charge in [0.15, 0.2) is 5.01 Å². The van der Waals surface area contributed by atoms with Crippen molar-refractivity contribution in [2.24, 2.45) is 0 Å². The van der Waals surface area contributed by atoms with Crippen molar-refractivity contribution in [3.63, 3.8) is 0 Å². The van der Waals surface area contributed by atoms with Crippen molar-refractivity contribution in [3.8, 4) is 0 Å². The van der Waals surface area contributed by atoms with Gasteiger partial charge in [-0.25, -0.2) is 4.98 Å². The molecule has 2 aromatic carbocycles. The van der Waals surface area contributed by atoms with E-state index in [0.717, 1.165) is 16.5 Å². The van der Waals surface area contributed by atoms with Crippen LogP contribution in [0.4, 0.5) is 0 Å².